The average Bonchev–Trinajstić information content (AvgIpc) is 2.64. The highest BCUT2D eigenvalue weighted by atomic mass is 79.9. The van der Waals surface area contributed by atoms with Gasteiger partial charge in [-0.05, 0) is 43.3 Å². The van der Waals surface area contributed by atoms with Crippen molar-refractivity contribution in [3.05, 3.63) is 59.1 Å². The second kappa shape index (κ2) is 7.81. The van der Waals surface area contributed by atoms with Crippen LogP contribution in [0.3, 0.4) is 0 Å². The number of hydrogen-bond donors (Lipinski definition) is 2. The number of nitrogens with zero attached hydrogens (tertiary/aromatic N) is 1. The van der Waals surface area contributed by atoms with Crippen LogP contribution in [0.15, 0.2) is 59.1 Å². The van der Waals surface area contributed by atoms with Crippen LogP contribution in [-0.2, 0) is 4.79 Å². The van der Waals surface area contributed by atoms with E-state index in [2.05, 4.69) is 50.4 Å². The van der Waals surface area contributed by atoms with Crippen molar-refractivity contribution in [2.24, 2.45) is 0 Å². The van der Waals surface area contributed by atoms with Gasteiger partial charge in [0, 0.05) is 15.8 Å². The molecule has 1 aliphatic rings. The summed E-state index contributed by atoms with van der Waals surface area (Å²) in [5, 5.41) is 3.01. The van der Waals surface area contributed by atoms with Gasteiger partial charge in [0.15, 0.2) is 6.04 Å². The van der Waals surface area contributed by atoms with Gasteiger partial charge in [-0.3, -0.25) is 4.79 Å². The maximum absolute atomic E-state index is 12.5. The highest BCUT2D eigenvalue weighted by molar-refractivity contribution is 9.10. The van der Waals surface area contributed by atoms with Crippen molar-refractivity contribution in [2.75, 3.05) is 36.4 Å². The fraction of sp³-hybridized carbons (Fsp3) is 0.316. The summed E-state index contributed by atoms with van der Waals surface area (Å²) < 4.78 is 1.01. The molecule has 1 fully saturated rings. The zero-order chi connectivity index (χ0) is 16.9. The van der Waals surface area contributed by atoms with E-state index in [1.54, 1.807) is 0 Å². The first kappa shape index (κ1) is 17.0. The van der Waals surface area contributed by atoms with Crippen LogP contribution < -0.4 is 15.1 Å². The SMILES string of the molecule is C[C@H](C(=O)Nc1ccc(Br)cc1)[NH+]1CCN(c2ccccc2)CC1. The highest BCUT2D eigenvalue weighted by Crippen LogP contribution is 2.14. The monoisotopic (exact) mass is 388 g/mol. The van der Waals surface area contributed by atoms with E-state index in [1.807, 2.05) is 37.3 Å². The molecule has 0 aliphatic carbocycles. The number of carbonyl (C=O) groups excluding carboxylic acids is 1. The van der Waals surface area contributed by atoms with Gasteiger partial charge < -0.3 is 15.1 Å². The predicted octanol–water partition coefficient (Wildman–Crippen LogP) is 2.18. The third-order valence-electron chi connectivity index (χ3n) is 4.64. The number of carbonyl (C=O) groups is 1. The van der Waals surface area contributed by atoms with Gasteiger partial charge in [-0.1, -0.05) is 34.1 Å². The molecule has 126 valence electrons. The van der Waals surface area contributed by atoms with Crippen LogP contribution in [0.5, 0.6) is 0 Å². The van der Waals surface area contributed by atoms with Crippen LogP contribution in [-0.4, -0.2) is 38.1 Å². The number of halogens is 1. The smallest absolute Gasteiger partial charge is 0.282 e. The van der Waals surface area contributed by atoms with E-state index < -0.39 is 0 Å². The Morgan fingerprint density at radius 1 is 1.08 bits per heavy atom. The quantitative estimate of drug-likeness (QED) is 0.841. The normalized spacial score (nSPS) is 16.7. The van der Waals surface area contributed by atoms with Gasteiger partial charge in [0.2, 0.25) is 0 Å². The molecule has 5 heteroatoms. The van der Waals surface area contributed by atoms with E-state index in [1.165, 1.54) is 10.6 Å². The van der Waals surface area contributed by atoms with Crippen LogP contribution in [0, 0.1) is 0 Å². The lowest BCUT2D eigenvalue weighted by Gasteiger charge is -2.36. The second-order valence-electron chi connectivity index (χ2n) is 6.20. The molecule has 0 unspecified atom stereocenters. The van der Waals surface area contributed by atoms with Crippen LogP contribution in [0.1, 0.15) is 6.92 Å². The number of anilines is 2. The fourth-order valence-corrected chi connectivity index (χ4v) is 3.36. The summed E-state index contributed by atoms with van der Waals surface area (Å²) in [6.07, 6.45) is 0. The summed E-state index contributed by atoms with van der Waals surface area (Å²) in [6, 6.07) is 18.1. The molecule has 1 atom stereocenters. The van der Waals surface area contributed by atoms with Crippen LogP contribution in [0.4, 0.5) is 11.4 Å². The molecule has 4 nitrogen and oxygen atoms in total. The number of nitrogens with one attached hydrogen (secondary N) is 2. The largest absolute Gasteiger partial charge is 0.360 e. The fourth-order valence-electron chi connectivity index (χ4n) is 3.09. The maximum atomic E-state index is 12.5. The number of rotatable bonds is 4. The van der Waals surface area contributed by atoms with Crippen LogP contribution in [0.25, 0.3) is 0 Å². The molecule has 1 saturated heterocycles. The standard InChI is InChI=1S/C19H22BrN3O/c1-15(19(24)21-17-9-7-16(20)8-10-17)22-11-13-23(14-12-22)18-5-3-2-4-6-18/h2-10,15H,11-14H2,1H3,(H,21,24)/p+1/t15-/m1/s1. The summed E-state index contributed by atoms with van der Waals surface area (Å²) in [5.74, 6) is 0.0838. The van der Waals surface area contributed by atoms with Gasteiger partial charge in [0.05, 0.1) is 26.2 Å². The predicted molar refractivity (Wildman–Crippen MR) is 102 cm³/mol. The molecule has 1 amide bonds. The Bertz CT molecular complexity index is 667. The minimum Gasteiger partial charge on any atom is -0.360 e. The summed E-state index contributed by atoms with van der Waals surface area (Å²) in [5.41, 5.74) is 2.11. The van der Waals surface area contributed by atoms with E-state index in [0.29, 0.717) is 0 Å². The number of amides is 1. The molecule has 1 aliphatic heterocycles. The Morgan fingerprint density at radius 2 is 1.71 bits per heavy atom. The van der Waals surface area contributed by atoms with Crippen molar-refractivity contribution in [3.63, 3.8) is 0 Å². The number of benzene rings is 2. The molecule has 24 heavy (non-hydrogen) atoms. The second-order valence-corrected chi connectivity index (χ2v) is 7.11. The third kappa shape index (κ3) is 4.16. The topological polar surface area (TPSA) is 36.8 Å². The molecule has 0 bridgehead atoms. The molecule has 3 rings (SSSR count). The maximum Gasteiger partial charge on any atom is 0.282 e. The first-order chi connectivity index (χ1) is 11.6. The molecule has 1 heterocycles. The van der Waals surface area contributed by atoms with Gasteiger partial charge in [-0.15, -0.1) is 0 Å². The Balaban J connectivity index is 1.53. The van der Waals surface area contributed by atoms with Crippen molar-refractivity contribution in [3.8, 4) is 0 Å². The molecule has 0 spiro atoms. The Labute approximate surface area is 151 Å². The number of hydrogen-bond acceptors (Lipinski definition) is 2. The van der Waals surface area contributed by atoms with E-state index >= 15 is 0 Å². The Morgan fingerprint density at radius 3 is 2.33 bits per heavy atom. The summed E-state index contributed by atoms with van der Waals surface area (Å²) in [7, 11) is 0. The van der Waals surface area contributed by atoms with Gasteiger partial charge in [-0.2, -0.15) is 0 Å². The van der Waals surface area contributed by atoms with Gasteiger partial charge >= 0.3 is 0 Å². The number of para-hydroxylation sites is 1. The van der Waals surface area contributed by atoms with E-state index in [-0.39, 0.29) is 11.9 Å². The third-order valence-corrected chi connectivity index (χ3v) is 5.17. The van der Waals surface area contributed by atoms with Gasteiger partial charge in [0.25, 0.3) is 5.91 Å². The van der Waals surface area contributed by atoms with Gasteiger partial charge in [-0.25, -0.2) is 0 Å². The van der Waals surface area contributed by atoms with Crippen LogP contribution >= 0.6 is 15.9 Å². The molecule has 2 aromatic rings. The first-order valence-electron chi connectivity index (χ1n) is 8.34. The minimum absolute atomic E-state index is 0.0495. The molecule has 0 saturated carbocycles. The van der Waals surface area contributed by atoms with Crippen molar-refractivity contribution in [2.45, 2.75) is 13.0 Å². The van der Waals surface area contributed by atoms with Crippen molar-refractivity contribution in [1.82, 2.24) is 0 Å². The zero-order valence-electron chi connectivity index (χ0n) is 13.8. The van der Waals surface area contributed by atoms with E-state index in [4.69, 9.17) is 0 Å². The zero-order valence-corrected chi connectivity index (χ0v) is 15.4. The van der Waals surface area contributed by atoms with E-state index in [9.17, 15) is 4.79 Å². The average molecular weight is 389 g/mol. The molecule has 2 N–H and O–H groups in total. The van der Waals surface area contributed by atoms with Crippen molar-refractivity contribution >= 4 is 33.2 Å². The summed E-state index contributed by atoms with van der Waals surface area (Å²) in [4.78, 5) is 16.2. The molecule has 2 aromatic carbocycles. The molecule has 0 radical (unpaired) electrons. The van der Waals surface area contributed by atoms with Crippen molar-refractivity contribution < 1.29 is 9.69 Å². The Hall–Kier alpha value is -1.85. The lowest BCUT2D eigenvalue weighted by atomic mass is 10.2. The number of quaternary nitrogens is 1. The van der Waals surface area contributed by atoms with Crippen molar-refractivity contribution in [1.29, 1.82) is 0 Å². The Kier molecular flexibility index (Phi) is 5.53. The highest BCUT2D eigenvalue weighted by Gasteiger charge is 2.29. The lowest BCUT2D eigenvalue weighted by Crippen LogP contribution is -3.19. The van der Waals surface area contributed by atoms with Crippen LogP contribution in [0.2, 0.25) is 0 Å². The molecular weight excluding hydrogens is 366 g/mol. The lowest BCUT2D eigenvalue weighted by molar-refractivity contribution is -0.914. The van der Waals surface area contributed by atoms with E-state index in [0.717, 1.165) is 36.3 Å². The van der Waals surface area contributed by atoms with Gasteiger partial charge in [0.1, 0.15) is 0 Å². The summed E-state index contributed by atoms with van der Waals surface area (Å²) >= 11 is 3.41. The molecular formula is C19H23BrN3O+. The number of piperazine rings is 1. The molecule has 0 aromatic heterocycles. The minimum atomic E-state index is -0.0495. The first-order valence-corrected chi connectivity index (χ1v) is 9.14. The summed E-state index contributed by atoms with van der Waals surface area (Å²) in [6.45, 7) is 5.93.